The van der Waals surface area contributed by atoms with Crippen LogP contribution in [0.25, 0.3) is 0 Å². The lowest BCUT2D eigenvalue weighted by Crippen LogP contribution is -2.30. The van der Waals surface area contributed by atoms with Gasteiger partial charge >= 0.3 is 0 Å². The van der Waals surface area contributed by atoms with Crippen LogP contribution in [0, 0.1) is 0 Å². The van der Waals surface area contributed by atoms with Gasteiger partial charge in [0.1, 0.15) is 5.75 Å². The maximum absolute atomic E-state index is 11.7. The van der Waals surface area contributed by atoms with E-state index in [-0.39, 0.29) is 18.6 Å². The molecular weight excluding hydrogens is 276 g/mol. The molecule has 1 saturated carbocycles. The molecule has 2 rings (SSSR count). The van der Waals surface area contributed by atoms with E-state index in [1.165, 1.54) is 0 Å². The molecule has 5 heteroatoms. The number of carbonyl (C=O) groups excluding carboxylic acids is 1. The highest BCUT2D eigenvalue weighted by atomic mass is 35.5. The van der Waals surface area contributed by atoms with Gasteiger partial charge in [0.15, 0.2) is 6.61 Å². The Morgan fingerprint density at radius 1 is 1.55 bits per heavy atom. The van der Waals surface area contributed by atoms with Gasteiger partial charge in [0.2, 0.25) is 0 Å². The molecule has 0 heterocycles. The van der Waals surface area contributed by atoms with Gasteiger partial charge in [-0.3, -0.25) is 4.79 Å². The molecule has 20 heavy (non-hydrogen) atoms. The van der Waals surface area contributed by atoms with Gasteiger partial charge in [-0.25, -0.2) is 0 Å². The topological polar surface area (TPSA) is 64.3 Å². The van der Waals surface area contributed by atoms with Crippen LogP contribution in [0.4, 0.5) is 0 Å². The summed E-state index contributed by atoms with van der Waals surface area (Å²) in [4.78, 5) is 11.7. The molecule has 1 aromatic rings. The molecule has 0 radical (unpaired) electrons. The molecule has 1 fully saturated rings. The Kier molecular flexibility index (Phi) is 5.26. The standard InChI is InChI=1S/C15H21ClN2O2/c1-2-11(17)8-10-4-3-5-13(16)15(10)20-9-14(19)18-12-6-7-12/h3-5,11-12H,2,6-9,17H2,1H3,(H,18,19). The Hall–Kier alpha value is -1.26. The SMILES string of the molecule is CCC(N)Cc1cccc(Cl)c1OCC(=O)NC1CC1. The van der Waals surface area contributed by atoms with Gasteiger partial charge in [-0.1, -0.05) is 30.7 Å². The molecule has 1 aliphatic carbocycles. The predicted octanol–water partition coefficient (Wildman–Crippen LogP) is 2.28. The van der Waals surface area contributed by atoms with Crippen LogP contribution < -0.4 is 15.8 Å². The molecule has 110 valence electrons. The average molecular weight is 297 g/mol. The van der Waals surface area contributed by atoms with Gasteiger partial charge in [-0.2, -0.15) is 0 Å². The van der Waals surface area contributed by atoms with E-state index in [4.69, 9.17) is 22.1 Å². The fraction of sp³-hybridized carbons (Fsp3) is 0.533. The zero-order valence-corrected chi connectivity index (χ0v) is 12.5. The van der Waals surface area contributed by atoms with Crippen LogP contribution in [-0.4, -0.2) is 24.6 Å². The monoisotopic (exact) mass is 296 g/mol. The summed E-state index contributed by atoms with van der Waals surface area (Å²) in [6, 6.07) is 5.98. The minimum atomic E-state index is -0.0989. The molecule has 0 saturated heterocycles. The highest BCUT2D eigenvalue weighted by Gasteiger charge is 2.23. The molecule has 0 bridgehead atoms. The zero-order valence-electron chi connectivity index (χ0n) is 11.7. The van der Waals surface area contributed by atoms with E-state index in [0.29, 0.717) is 23.2 Å². The molecule has 1 unspecified atom stereocenters. The maximum atomic E-state index is 11.7. The van der Waals surface area contributed by atoms with Crippen LogP contribution in [0.5, 0.6) is 5.75 Å². The van der Waals surface area contributed by atoms with Crippen LogP contribution in [0.2, 0.25) is 5.02 Å². The first-order valence-corrected chi connectivity index (χ1v) is 7.43. The summed E-state index contributed by atoms with van der Waals surface area (Å²) in [5.41, 5.74) is 6.93. The van der Waals surface area contributed by atoms with Crippen LogP contribution in [0.15, 0.2) is 18.2 Å². The highest BCUT2D eigenvalue weighted by Crippen LogP contribution is 2.29. The third-order valence-electron chi connectivity index (χ3n) is 3.35. The summed E-state index contributed by atoms with van der Waals surface area (Å²) in [7, 11) is 0. The van der Waals surface area contributed by atoms with Gasteiger partial charge in [-0.15, -0.1) is 0 Å². The van der Waals surface area contributed by atoms with Gasteiger partial charge in [0, 0.05) is 12.1 Å². The Balaban J connectivity index is 1.98. The summed E-state index contributed by atoms with van der Waals surface area (Å²) < 4.78 is 5.60. The number of halogens is 1. The summed E-state index contributed by atoms with van der Waals surface area (Å²) in [5.74, 6) is 0.474. The number of nitrogens with two attached hydrogens (primary N) is 1. The van der Waals surface area contributed by atoms with E-state index >= 15 is 0 Å². The van der Waals surface area contributed by atoms with Crippen molar-refractivity contribution in [2.24, 2.45) is 5.73 Å². The third-order valence-corrected chi connectivity index (χ3v) is 3.64. The summed E-state index contributed by atoms with van der Waals surface area (Å²) in [6.07, 6.45) is 3.70. The number of rotatable bonds is 7. The quantitative estimate of drug-likeness (QED) is 0.811. The number of carbonyl (C=O) groups is 1. The molecule has 3 N–H and O–H groups in total. The summed E-state index contributed by atoms with van der Waals surface area (Å²) >= 11 is 6.16. The number of nitrogens with one attached hydrogen (secondary N) is 1. The summed E-state index contributed by atoms with van der Waals surface area (Å²) in [6.45, 7) is 2.04. The first kappa shape index (κ1) is 15.1. The lowest BCUT2D eigenvalue weighted by Gasteiger charge is -2.15. The number of benzene rings is 1. The van der Waals surface area contributed by atoms with Crippen LogP contribution >= 0.6 is 11.6 Å². The lowest BCUT2D eigenvalue weighted by molar-refractivity contribution is -0.123. The molecule has 0 aliphatic heterocycles. The molecule has 0 aromatic heterocycles. The van der Waals surface area contributed by atoms with Crippen molar-refractivity contribution >= 4 is 17.5 Å². The van der Waals surface area contributed by atoms with E-state index in [1.54, 1.807) is 6.07 Å². The van der Waals surface area contributed by atoms with E-state index in [2.05, 4.69) is 5.32 Å². The van der Waals surface area contributed by atoms with Crippen LogP contribution in [0.1, 0.15) is 31.7 Å². The number of para-hydroxylation sites is 1. The number of hydrogen-bond donors (Lipinski definition) is 2. The van der Waals surface area contributed by atoms with Crippen molar-refractivity contribution in [1.29, 1.82) is 0 Å². The molecule has 1 amide bonds. The van der Waals surface area contributed by atoms with E-state index in [9.17, 15) is 4.79 Å². The van der Waals surface area contributed by atoms with Crippen molar-refractivity contribution in [2.75, 3.05) is 6.61 Å². The number of ether oxygens (including phenoxy) is 1. The zero-order chi connectivity index (χ0) is 14.5. The fourth-order valence-electron chi connectivity index (χ4n) is 1.94. The first-order chi connectivity index (χ1) is 9.60. The van der Waals surface area contributed by atoms with Gasteiger partial charge in [0.25, 0.3) is 5.91 Å². The van der Waals surface area contributed by atoms with Crippen molar-refractivity contribution in [1.82, 2.24) is 5.32 Å². The second kappa shape index (κ2) is 6.95. The third kappa shape index (κ3) is 4.39. The van der Waals surface area contributed by atoms with Crippen molar-refractivity contribution < 1.29 is 9.53 Å². The second-order valence-corrected chi connectivity index (χ2v) is 5.64. The normalized spacial score (nSPS) is 15.8. The van der Waals surface area contributed by atoms with Crippen molar-refractivity contribution in [3.05, 3.63) is 28.8 Å². The molecule has 1 aromatic carbocycles. The first-order valence-electron chi connectivity index (χ1n) is 7.05. The Labute approximate surface area is 124 Å². The van der Waals surface area contributed by atoms with E-state index in [0.717, 1.165) is 24.8 Å². The Morgan fingerprint density at radius 3 is 2.95 bits per heavy atom. The van der Waals surface area contributed by atoms with Crippen molar-refractivity contribution in [3.8, 4) is 5.75 Å². The Morgan fingerprint density at radius 2 is 2.30 bits per heavy atom. The molecule has 1 atom stereocenters. The van der Waals surface area contributed by atoms with Gasteiger partial charge in [0.05, 0.1) is 5.02 Å². The number of hydrogen-bond acceptors (Lipinski definition) is 3. The number of amides is 1. The van der Waals surface area contributed by atoms with Gasteiger partial charge in [-0.05, 0) is 37.3 Å². The average Bonchev–Trinajstić information content (AvgIpc) is 3.21. The van der Waals surface area contributed by atoms with Gasteiger partial charge < -0.3 is 15.8 Å². The molecule has 1 aliphatic rings. The lowest BCUT2D eigenvalue weighted by atomic mass is 10.0. The predicted molar refractivity (Wildman–Crippen MR) is 80.1 cm³/mol. The maximum Gasteiger partial charge on any atom is 0.258 e. The minimum absolute atomic E-state index is 0.00536. The van der Waals surface area contributed by atoms with Crippen molar-refractivity contribution in [2.45, 2.75) is 44.7 Å². The highest BCUT2D eigenvalue weighted by molar-refractivity contribution is 6.32. The Bertz CT molecular complexity index is 475. The molecule has 0 spiro atoms. The summed E-state index contributed by atoms with van der Waals surface area (Å²) in [5, 5.41) is 3.40. The largest absolute Gasteiger partial charge is 0.482 e. The fourth-order valence-corrected chi connectivity index (χ4v) is 2.19. The van der Waals surface area contributed by atoms with E-state index < -0.39 is 0 Å². The van der Waals surface area contributed by atoms with Crippen LogP contribution in [-0.2, 0) is 11.2 Å². The smallest absolute Gasteiger partial charge is 0.258 e. The van der Waals surface area contributed by atoms with Crippen molar-refractivity contribution in [3.63, 3.8) is 0 Å². The second-order valence-electron chi connectivity index (χ2n) is 5.23. The molecule has 4 nitrogen and oxygen atoms in total. The van der Waals surface area contributed by atoms with Crippen LogP contribution in [0.3, 0.4) is 0 Å². The van der Waals surface area contributed by atoms with E-state index in [1.807, 2.05) is 19.1 Å². The molecular formula is C15H21ClN2O2. The minimum Gasteiger partial charge on any atom is -0.482 e.